The molecule has 2 heterocycles. The number of nitrogens with zero attached hydrogens (tertiary/aromatic N) is 4. The third-order valence-corrected chi connectivity index (χ3v) is 6.15. The molecular weight excluding hydrogens is 430 g/mol. The molecule has 0 atom stereocenters. The van der Waals surface area contributed by atoms with Gasteiger partial charge in [0.15, 0.2) is 0 Å². The van der Waals surface area contributed by atoms with Gasteiger partial charge in [0.05, 0.1) is 24.4 Å². The van der Waals surface area contributed by atoms with Crippen molar-refractivity contribution in [3.63, 3.8) is 0 Å². The lowest BCUT2D eigenvalue weighted by Gasteiger charge is -2.31. The highest BCUT2D eigenvalue weighted by atomic mass is 16.5. The van der Waals surface area contributed by atoms with Gasteiger partial charge in [0.1, 0.15) is 5.69 Å². The van der Waals surface area contributed by atoms with Crippen LogP contribution in [-0.4, -0.2) is 52.5 Å². The molecule has 1 aliphatic heterocycles. The number of hydrogen-bond donors (Lipinski definition) is 2. The Morgan fingerprint density at radius 3 is 2.65 bits per heavy atom. The number of aliphatic hydroxyl groups excluding tert-OH is 1. The zero-order valence-electron chi connectivity index (χ0n) is 20.1. The van der Waals surface area contributed by atoms with Crippen LogP contribution in [0.4, 0.5) is 10.5 Å². The molecule has 1 amide bonds. The largest absolute Gasteiger partial charge is 0.450 e. The van der Waals surface area contributed by atoms with E-state index in [1.54, 1.807) is 0 Å². The molecule has 0 aliphatic carbocycles. The van der Waals surface area contributed by atoms with Crippen LogP contribution in [0, 0.1) is 0 Å². The molecule has 1 aliphatic rings. The predicted octanol–water partition coefficient (Wildman–Crippen LogP) is 4.19. The fourth-order valence-electron chi connectivity index (χ4n) is 4.18. The molecule has 2 N–H and O–H groups in total. The molecule has 0 saturated carbocycles. The molecule has 180 valence electrons. The number of benzene rings is 2. The van der Waals surface area contributed by atoms with Gasteiger partial charge in [0.25, 0.3) is 0 Å². The number of fused-ring (bicyclic) bond motifs is 5. The molecule has 1 aromatic heterocycles. The van der Waals surface area contributed by atoms with Crippen LogP contribution < -0.4 is 10.2 Å². The second-order valence-electron chi connectivity index (χ2n) is 9.18. The van der Waals surface area contributed by atoms with E-state index < -0.39 is 5.54 Å². The van der Waals surface area contributed by atoms with Gasteiger partial charge in [-0.25, -0.2) is 9.48 Å². The van der Waals surface area contributed by atoms with Crippen LogP contribution in [0.5, 0.6) is 0 Å². The summed E-state index contributed by atoms with van der Waals surface area (Å²) in [5.41, 5.74) is 5.23. The number of rotatable bonds is 8. The molecule has 8 heteroatoms. The van der Waals surface area contributed by atoms with Crippen molar-refractivity contribution in [1.29, 1.82) is 0 Å². The summed E-state index contributed by atoms with van der Waals surface area (Å²) in [4.78, 5) is 14.3. The number of amides is 1. The maximum atomic E-state index is 12.0. The number of carbonyl (C=O) groups excluding carboxylic acids is 1. The molecule has 0 saturated heterocycles. The zero-order valence-corrected chi connectivity index (χ0v) is 20.1. The minimum atomic E-state index is -0.608. The first-order chi connectivity index (χ1) is 16.5. The fourth-order valence-corrected chi connectivity index (χ4v) is 4.18. The lowest BCUT2D eigenvalue weighted by Crippen LogP contribution is -2.36. The molecule has 0 fully saturated rings. The quantitative estimate of drug-likeness (QED) is 0.487. The average Bonchev–Trinajstić information content (AvgIpc) is 3.28. The Morgan fingerprint density at radius 1 is 1.15 bits per heavy atom. The maximum Gasteiger partial charge on any atom is 0.407 e. The Labute approximate surface area is 200 Å². The van der Waals surface area contributed by atoms with Gasteiger partial charge in [0.2, 0.25) is 0 Å². The summed E-state index contributed by atoms with van der Waals surface area (Å²) in [6.07, 6.45) is 1.46. The zero-order chi connectivity index (χ0) is 24.1. The Balaban J connectivity index is 1.70. The molecule has 3 aromatic rings. The Bertz CT molecular complexity index is 1140. The highest BCUT2D eigenvalue weighted by molar-refractivity contribution is 5.88. The van der Waals surface area contributed by atoms with Gasteiger partial charge >= 0.3 is 6.09 Å². The topological polar surface area (TPSA) is 92.5 Å². The average molecular weight is 464 g/mol. The number of alkyl carbamates (subject to hydrolysis) is 1. The summed E-state index contributed by atoms with van der Waals surface area (Å²) in [5.74, 6) is 0. The highest BCUT2D eigenvalue weighted by Gasteiger charge is 2.31. The van der Waals surface area contributed by atoms with E-state index in [0.717, 1.165) is 46.6 Å². The number of aromatic nitrogens is 3. The van der Waals surface area contributed by atoms with E-state index in [9.17, 15) is 9.90 Å². The number of carbonyl (C=O) groups is 1. The van der Waals surface area contributed by atoms with Gasteiger partial charge < -0.3 is 20.1 Å². The molecule has 4 rings (SSSR count). The maximum absolute atomic E-state index is 12.0. The van der Waals surface area contributed by atoms with E-state index in [2.05, 4.69) is 45.7 Å². The van der Waals surface area contributed by atoms with Crippen molar-refractivity contribution in [3.05, 3.63) is 54.1 Å². The number of anilines is 1. The number of aliphatic hydroxyl groups is 1. The first-order valence-corrected chi connectivity index (χ1v) is 11.9. The molecule has 0 spiro atoms. The van der Waals surface area contributed by atoms with E-state index in [0.29, 0.717) is 26.2 Å². The van der Waals surface area contributed by atoms with Crippen LogP contribution in [0.3, 0.4) is 0 Å². The number of unbranched alkanes of at least 4 members (excludes halogenated alkanes) is 1. The van der Waals surface area contributed by atoms with Crippen LogP contribution in [-0.2, 0) is 16.8 Å². The molecule has 0 unspecified atom stereocenters. The van der Waals surface area contributed by atoms with Gasteiger partial charge in [-0.2, -0.15) is 0 Å². The molecule has 0 bridgehead atoms. The van der Waals surface area contributed by atoms with Crippen molar-refractivity contribution in [2.45, 2.75) is 45.7 Å². The lowest BCUT2D eigenvalue weighted by molar-refractivity contribution is 0.145. The van der Waals surface area contributed by atoms with E-state index in [4.69, 9.17) is 4.74 Å². The standard InChI is InChI=1S/C26H33N5O3/c1-4-5-16-34-25(33)27-14-15-30-17-19-10-6-7-11-20(19)24-23(21-12-8-9-13-22(21)30)28-29-31(24)26(2,3)18-32/h6-13,32H,4-5,14-18H2,1-3H3,(H,27,33). The smallest absolute Gasteiger partial charge is 0.407 e. The monoisotopic (exact) mass is 463 g/mol. The van der Waals surface area contributed by atoms with E-state index >= 15 is 0 Å². The van der Waals surface area contributed by atoms with E-state index in [-0.39, 0.29) is 12.7 Å². The fraction of sp³-hybridized carbons (Fsp3) is 0.423. The molecule has 0 radical (unpaired) electrons. The summed E-state index contributed by atoms with van der Waals surface area (Å²) in [6, 6.07) is 16.3. The second kappa shape index (κ2) is 10.3. The van der Waals surface area contributed by atoms with Crippen molar-refractivity contribution >= 4 is 11.8 Å². The number of hydrogen-bond acceptors (Lipinski definition) is 6. The van der Waals surface area contributed by atoms with Crippen LogP contribution in [0.15, 0.2) is 48.5 Å². The third-order valence-electron chi connectivity index (χ3n) is 6.15. The SMILES string of the molecule is CCCCOC(=O)NCCN1Cc2ccccc2-c2c(nnn2C(C)(C)CO)-c2ccccc21. The number of para-hydroxylation sites is 1. The summed E-state index contributed by atoms with van der Waals surface area (Å²) < 4.78 is 7.06. The van der Waals surface area contributed by atoms with Gasteiger partial charge in [-0.15, -0.1) is 5.10 Å². The van der Waals surface area contributed by atoms with Gasteiger partial charge in [-0.05, 0) is 31.9 Å². The summed E-state index contributed by atoms with van der Waals surface area (Å²) in [5, 5.41) is 22.0. The van der Waals surface area contributed by atoms with E-state index in [1.807, 2.05) is 48.9 Å². The first kappa shape index (κ1) is 23.8. The van der Waals surface area contributed by atoms with Crippen LogP contribution in [0.1, 0.15) is 39.2 Å². The Morgan fingerprint density at radius 2 is 1.88 bits per heavy atom. The molecule has 2 aromatic carbocycles. The van der Waals surface area contributed by atoms with Crippen LogP contribution >= 0.6 is 0 Å². The van der Waals surface area contributed by atoms with Crippen molar-refractivity contribution < 1.29 is 14.6 Å². The van der Waals surface area contributed by atoms with Crippen molar-refractivity contribution in [1.82, 2.24) is 20.3 Å². The van der Waals surface area contributed by atoms with Crippen molar-refractivity contribution in [2.24, 2.45) is 0 Å². The van der Waals surface area contributed by atoms with Crippen LogP contribution in [0.25, 0.3) is 22.5 Å². The number of ether oxygens (including phenoxy) is 1. The molecule has 34 heavy (non-hydrogen) atoms. The van der Waals surface area contributed by atoms with Gasteiger partial charge in [0, 0.05) is 36.4 Å². The highest BCUT2D eigenvalue weighted by Crippen LogP contribution is 2.42. The van der Waals surface area contributed by atoms with Gasteiger partial charge in [-0.1, -0.05) is 61.0 Å². The Kier molecular flexibility index (Phi) is 7.17. The lowest BCUT2D eigenvalue weighted by atomic mass is 9.94. The number of nitrogens with one attached hydrogen (secondary N) is 1. The minimum absolute atomic E-state index is 0.0568. The summed E-state index contributed by atoms with van der Waals surface area (Å²) >= 11 is 0. The van der Waals surface area contributed by atoms with Crippen molar-refractivity contribution in [2.75, 3.05) is 31.2 Å². The van der Waals surface area contributed by atoms with Crippen LogP contribution in [0.2, 0.25) is 0 Å². The third kappa shape index (κ3) is 4.77. The van der Waals surface area contributed by atoms with E-state index in [1.165, 1.54) is 0 Å². The summed E-state index contributed by atoms with van der Waals surface area (Å²) in [6.45, 7) is 8.07. The minimum Gasteiger partial charge on any atom is -0.450 e. The second-order valence-corrected chi connectivity index (χ2v) is 9.18. The predicted molar refractivity (Wildman–Crippen MR) is 133 cm³/mol. The summed E-state index contributed by atoms with van der Waals surface area (Å²) in [7, 11) is 0. The normalized spacial score (nSPS) is 12.8. The molecule has 8 nitrogen and oxygen atoms in total. The Hall–Kier alpha value is -3.39. The van der Waals surface area contributed by atoms with Gasteiger partial charge in [-0.3, -0.25) is 0 Å². The van der Waals surface area contributed by atoms with Crippen molar-refractivity contribution in [3.8, 4) is 22.5 Å². The first-order valence-electron chi connectivity index (χ1n) is 11.9. The molecular formula is C26H33N5O3.